The molecule has 8 heteroatoms. The molecule has 0 spiro atoms. The lowest BCUT2D eigenvalue weighted by molar-refractivity contribution is 0.0499. The molecule has 3 rings (SSSR count). The van der Waals surface area contributed by atoms with Crippen LogP contribution < -0.4 is 10.6 Å². The Bertz CT molecular complexity index is 1100. The summed E-state index contributed by atoms with van der Waals surface area (Å²) >= 11 is 6.89. The van der Waals surface area contributed by atoms with Gasteiger partial charge in [-0.2, -0.15) is 0 Å². The smallest absolute Gasteiger partial charge is 0.340 e. The molecule has 0 unspecified atom stereocenters. The van der Waals surface area contributed by atoms with E-state index in [0.29, 0.717) is 40.0 Å². The van der Waals surface area contributed by atoms with Gasteiger partial charge in [-0.15, -0.1) is 11.3 Å². The Labute approximate surface area is 202 Å². The molecule has 0 saturated heterocycles. The fourth-order valence-corrected chi connectivity index (χ4v) is 4.40. The quantitative estimate of drug-likeness (QED) is 0.224. The maximum Gasteiger partial charge on any atom is 0.340 e. The van der Waals surface area contributed by atoms with Crippen molar-refractivity contribution in [2.45, 2.75) is 26.2 Å². The number of carbonyl (C=O) groups excluding carboxylic acids is 2. The second-order valence-corrected chi connectivity index (χ2v) is 8.80. The monoisotopic (exact) mass is 482 g/mol. The maximum atomic E-state index is 12.3. The highest BCUT2D eigenvalue weighted by Crippen LogP contribution is 2.30. The molecule has 0 amide bonds. The van der Waals surface area contributed by atoms with Crippen molar-refractivity contribution in [3.8, 4) is 0 Å². The van der Waals surface area contributed by atoms with Crippen LogP contribution >= 0.6 is 23.6 Å². The predicted octanol–water partition coefficient (Wildman–Crippen LogP) is 5.89. The maximum absolute atomic E-state index is 12.3. The van der Waals surface area contributed by atoms with Gasteiger partial charge >= 0.3 is 11.9 Å². The van der Waals surface area contributed by atoms with Gasteiger partial charge in [0.05, 0.1) is 24.8 Å². The van der Waals surface area contributed by atoms with E-state index in [-0.39, 0.29) is 5.97 Å². The van der Waals surface area contributed by atoms with Gasteiger partial charge in [-0.1, -0.05) is 43.7 Å². The highest BCUT2D eigenvalue weighted by molar-refractivity contribution is 7.80. The molecule has 0 radical (unpaired) electrons. The zero-order chi connectivity index (χ0) is 23.6. The number of methoxy groups -OCH3 is 1. The Balaban J connectivity index is 1.65. The van der Waals surface area contributed by atoms with Gasteiger partial charge in [0.25, 0.3) is 0 Å². The van der Waals surface area contributed by atoms with Crippen LogP contribution in [0.25, 0.3) is 0 Å². The van der Waals surface area contributed by atoms with Crippen LogP contribution in [0, 0.1) is 0 Å². The third kappa shape index (κ3) is 7.13. The van der Waals surface area contributed by atoms with Gasteiger partial charge in [-0.3, -0.25) is 0 Å². The summed E-state index contributed by atoms with van der Waals surface area (Å²) in [6, 6.07) is 18.7. The first-order valence-corrected chi connectivity index (χ1v) is 11.8. The van der Waals surface area contributed by atoms with Crippen LogP contribution in [-0.2, 0) is 15.9 Å². The SMILES string of the molecule is CCCCOC(=O)c1ccc(NC(=S)Nc2sc(Cc3ccccc3)cc2C(=O)OC)cc1. The van der Waals surface area contributed by atoms with Gasteiger partial charge in [-0.25, -0.2) is 9.59 Å². The van der Waals surface area contributed by atoms with Crippen molar-refractivity contribution in [1.29, 1.82) is 0 Å². The summed E-state index contributed by atoms with van der Waals surface area (Å²) < 4.78 is 10.2. The van der Waals surface area contributed by atoms with Crippen molar-refractivity contribution in [3.05, 3.63) is 82.2 Å². The molecule has 6 nitrogen and oxygen atoms in total. The van der Waals surface area contributed by atoms with E-state index in [9.17, 15) is 9.59 Å². The number of benzene rings is 2. The highest BCUT2D eigenvalue weighted by atomic mass is 32.1. The molecule has 0 aliphatic heterocycles. The summed E-state index contributed by atoms with van der Waals surface area (Å²) in [6.07, 6.45) is 2.51. The van der Waals surface area contributed by atoms with E-state index < -0.39 is 5.97 Å². The zero-order valence-electron chi connectivity index (χ0n) is 18.6. The number of esters is 2. The first kappa shape index (κ1) is 24.4. The summed E-state index contributed by atoms with van der Waals surface area (Å²) in [4.78, 5) is 25.3. The number of nitrogens with one attached hydrogen (secondary N) is 2. The van der Waals surface area contributed by atoms with Crippen molar-refractivity contribution in [2.75, 3.05) is 24.4 Å². The van der Waals surface area contributed by atoms with E-state index in [1.54, 1.807) is 24.3 Å². The first-order chi connectivity index (χ1) is 16.0. The largest absolute Gasteiger partial charge is 0.465 e. The van der Waals surface area contributed by atoms with Crippen molar-refractivity contribution in [1.82, 2.24) is 0 Å². The van der Waals surface area contributed by atoms with E-state index in [1.165, 1.54) is 18.4 Å². The Hall–Kier alpha value is -3.23. The van der Waals surface area contributed by atoms with Gasteiger partial charge in [0.1, 0.15) is 5.00 Å². The number of unbranched alkanes of at least 4 members (excludes halogenated alkanes) is 1. The normalized spacial score (nSPS) is 10.4. The molecule has 0 aliphatic carbocycles. The summed E-state index contributed by atoms with van der Waals surface area (Å²) in [6.45, 7) is 2.46. The molecule has 1 heterocycles. The third-order valence-electron chi connectivity index (χ3n) is 4.75. The Kier molecular flexibility index (Phi) is 8.97. The van der Waals surface area contributed by atoms with Gasteiger partial charge in [0, 0.05) is 17.0 Å². The molecule has 33 heavy (non-hydrogen) atoms. The van der Waals surface area contributed by atoms with Crippen LogP contribution in [0.2, 0.25) is 0 Å². The molecule has 0 aliphatic rings. The van der Waals surface area contributed by atoms with E-state index in [0.717, 1.165) is 23.3 Å². The number of rotatable bonds is 9. The molecule has 2 N–H and O–H groups in total. The first-order valence-electron chi connectivity index (χ1n) is 10.6. The van der Waals surface area contributed by atoms with Crippen LogP contribution in [0.5, 0.6) is 0 Å². The van der Waals surface area contributed by atoms with E-state index in [4.69, 9.17) is 21.7 Å². The van der Waals surface area contributed by atoms with Crippen LogP contribution in [0.1, 0.15) is 50.9 Å². The number of thiocarbonyl (C=S) groups is 1. The average Bonchev–Trinajstić information content (AvgIpc) is 3.21. The second-order valence-electron chi connectivity index (χ2n) is 7.26. The minimum absolute atomic E-state index is 0.325. The lowest BCUT2D eigenvalue weighted by atomic mass is 10.1. The van der Waals surface area contributed by atoms with Gasteiger partial charge in [0.15, 0.2) is 5.11 Å². The molecule has 0 atom stereocenters. The number of hydrogen-bond donors (Lipinski definition) is 2. The summed E-state index contributed by atoms with van der Waals surface area (Å²) in [5.41, 5.74) is 2.77. The molecule has 0 saturated carbocycles. The Morgan fingerprint density at radius 2 is 1.73 bits per heavy atom. The fourth-order valence-electron chi connectivity index (χ4n) is 3.03. The Morgan fingerprint density at radius 3 is 2.39 bits per heavy atom. The molecule has 1 aromatic heterocycles. The van der Waals surface area contributed by atoms with Crippen LogP contribution in [-0.4, -0.2) is 30.8 Å². The number of carbonyl (C=O) groups is 2. The molecule has 2 aromatic carbocycles. The summed E-state index contributed by atoms with van der Waals surface area (Å²) in [7, 11) is 1.35. The lowest BCUT2D eigenvalue weighted by Gasteiger charge is -2.11. The topological polar surface area (TPSA) is 76.7 Å². The second kappa shape index (κ2) is 12.1. The predicted molar refractivity (Wildman–Crippen MR) is 136 cm³/mol. The number of ether oxygens (including phenoxy) is 2. The van der Waals surface area contributed by atoms with Gasteiger partial charge < -0.3 is 20.1 Å². The molecular formula is C25H26N2O4S2. The standard InChI is InChI=1S/C25H26N2O4S2/c1-3-4-14-31-23(28)18-10-12-19(13-11-18)26-25(32)27-22-21(24(29)30-2)16-20(33-22)15-17-8-6-5-7-9-17/h5-13,16H,3-4,14-15H2,1-2H3,(H2,26,27,32). The zero-order valence-corrected chi connectivity index (χ0v) is 20.2. The minimum atomic E-state index is -0.429. The fraction of sp³-hybridized carbons (Fsp3) is 0.240. The van der Waals surface area contributed by atoms with Crippen LogP contribution in [0.15, 0.2) is 60.7 Å². The number of anilines is 2. The van der Waals surface area contributed by atoms with E-state index >= 15 is 0 Å². The molecular weight excluding hydrogens is 456 g/mol. The van der Waals surface area contributed by atoms with Crippen molar-refractivity contribution in [2.24, 2.45) is 0 Å². The van der Waals surface area contributed by atoms with Crippen molar-refractivity contribution >= 4 is 51.3 Å². The molecule has 3 aromatic rings. The minimum Gasteiger partial charge on any atom is -0.465 e. The van der Waals surface area contributed by atoms with Crippen LogP contribution in [0.4, 0.5) is 10.7 Å². The van der Waals surface area contributed by atoms with Gasteiger partial charge in [0.2, 0.25) is 0 Å². The van der Waals surface area contributed by atoms with Crippen molar-refractivity contribution in [3.63, 3.8) is 0 Å². The average molecular weight is 483 g/mol. The third-order valence-corrected chi connectivity index (χ3v) is 6.00. The highest BCUT2D eigenvalue weighted by Gasteiger charge is 2.18. The number of hydrogen-bond acceptors (Lipinski definition) is 6. The van der Waals surface area contributed by atoms with E-state index in [1.807, 2.05) is 43.3 Å². The molecule has 0 bridgehead atoms. The van der Waals surface area contributed by atoms with Crippen molar-refractivity contribution < 1.29 is 19.1 Å². The lowest BCUT2D eigenvalue weighted by Crippen LogP contribution is -2.20. The summed E-state index contributed by atoms with van der Waals surface area (Å²) in [5, 5.41) is 7.11. The van der Waals surface area contributed by atoms with Gasteiger partial charge in [-0.05, 0) is 54.5 Å². The molecule has 172 valence electrons. The van der Waals surface area contributed by atoms with E-state index in [2.05, 4.69) is 10.6 Å². The Morgan fingerprint density at radius 1 is 1.00 bits per heavy atom. The molecule has 0 fully saturated rings. The summed E-state index contributed by atoms with van der Waals surface area (Å²) in [5.74, 6) is -0.773. The number of thiophene rings is 1. The van der Waals surface area contributed by atoms with Crippen LogP contribution in [0.3, 0.4) is 0 Å².